The molecule has 5 heteroatoms. The highest BCUT2D eigenvalue weighted by molar-refractivity contribution is 9.10. The van der Waals surface area contributed by atoms with Crippen LogP contribution in [0.3, 0.4) is 0 Å². The van der Waals surface area contributed by atoms with E-state index in [-0.39, 0.29) is 0 Å². The molecule has 0 spiro atoms. The fourth-order valence-electron chi connectivity index (χ4n) is 5.60. The number of hydrogen-bond donors (Lipinski definition) is 0. The van der Waals surface area contributed by atoms with Gasteiger partial charge in [-0.2, -0.15) is 0 Å². The molecule has 2 heterocycles. The summed E-state index contributed by atoms with van der Waals surface area (Å²) in [5, 5.41) is 2.16. The Morgan fingerprint density at radius 3 is 1.57 bits per heavy atom. The zero-order valence-corrected chi connectivity index (χ0v) is 25.1. The Morgan fingerprint density at radius 2 is 0.864 bits per heavy atom. The Morgan fingerprint density at radius 1 is 0.364 bits per heavy atom. The van der Waals surface area contributed by atoms with Crippen LogP contribution in [0.5, 0.6) is 0 Å². The van der Waals surface area contributed by atoms with Crippen LogP contribution in [0.4, 0.5) is 0 Å². The SMILES string of the molecule is Brc1cccc(-c2cccc(-c3cccc(-c4nc(-c5ccccc5)nc(-c5ccc6c(c5)oc5ccccc56)n4)c3)c2)c1. The number of para-hydroxylation sites is 1. The molecule has 0 saturated heterocycles. The first kappa shape index (κ1) is 26.3. The minimum Gasteiger partial charge on any atom is -0.456 e. The molecule has 0 aliphatic heterocycles. The standard InChI is InChI=1S/C39H24BrN3O/c40-32-16-8-14-29(23-32)27-12-6-11-26(21-27)28-13-7-15-30(22-28)38-41-37(25-9-2-1-3-10-25)42-39(43-38)31-19-20-34-33-17-4-5-18-35(33)44-36(34)24-31/h1-24H. The average molecular weight is 631 g/mol. The summed E-state index contributed by atoms with van der Waals surface area (Å²) in [5.41, 5.74) is 8.92. The molecule has 0 bridgehead atoms. The molecule has 0 N–H and O–H groups in total. The van der Waals surface area contributed by atoms with Crippen LogP contribution < -0.4 is 0 Å². The summed E-state index contributed by atoms with van der Waals surface area (Å²) in [6.07, 6.45) is 0. The molecule has 0 aliphatic rings. The van der Waals surface area contributed by atoms with E-state index >= 15 is 0 Å². The molecule has 0 atom stereocenters. The molecule has 0 radical (unpaired) electrons. The van der Waals surface area contributed by atoms with Crippen molar-refractivity contribution in [1.82, 2.24) is 15.0 Å². The van der Waals surface area contributed by atoms with E-state index in [9.17, 15) is 0 Å². The third-order valence-corrected chi connectivity index (χ3v) is 8.27. The largest absolute Gasteiger partial charge is 0.456 e. The van der Waals surface area contributed by atoms with Gasteiger partial charge in [0.2, 0.25) is 0 Å². The van der Waals surface area contributed by atoms with E-state index in [0.29, 0.717) is 17.5 Å². The van der Waals surface area contributed by atoms with Gasteiger partial charge in [-0.25, -0.2) is 15.0 Å². The molecule has 0 saturated carbocycles. The van der Waals surface area contributed by atoms with Crippen molar-refractivity contribution in [1.29, 1.82) is 0 Å². The first-order chi connectivity index (χ1) is 21.7. The van der Waals surface area contributed by atoms with Gasteiger partial charge in [0.25, 0.3) is 0 Å². The van der Waals surface area contributed by atoms with E-state index in [1.165, 1.54) is 0 Å². The van der Waals surface area contributed by atoms with Crippen molar-refractivity contribution < 1.29 is 4.42 Å². The molecule has 0 aliphatic carbocycles. The lowest BCUT2D eigenvalue weighted by Crippen LogP contribution is -2.00. The molecule has 2 aromatic heterocycles. The van der Waals surface area contributed by atoms with E-state index in [1.54, 1.807) is 0 Å². The number of aromatic nitrogens is 3. The maximum Gasteiger partial charge on any atom is 0.164 e. The Bertz CT molecular complexity index is 2310. The lowest BCUT2D eigenvalue weighted by Gasteiger charge is -2.10. The number of hydrogen-bond acceptors (Lipinski definition) is 4. The zero-order valence-electron chi connectivity index (χ0n) is 23.5. The highest BCUT2D eigenvalue weighted by atomic mass is 79.9. The summed E-state index contributed by atoms with van der Waals surface area (Å²) >= 11 is 3.60. The third-order valence-electron chi connectivity index (χ3n) is 7.78. The van der Waals surface area contributed by atoms with Crippen LogP contribution in [0.1, 0.15) is 0 Å². The van der Waals surface area contributed by atoms with Crippen molar-refractivity contribution in [3.8, 4) is 56.4 Å². The second-order valence-electron chi connectivity index (χ2n) is 10.7. The van der Waals surface area contributed by atoms with Gasteiger partial charge in [-0.15, -0.1) is 0 Å². The van der Waals surface area contributed by atoms with Crippen molar-refractivity contribution >= 4 is 37.9 Å². The predicted octanol–water partition coefficient (Wildman–Crippen LogP) is 10.9. The molecular weight excluding hydrogens is 606 g/mol. The van der Waals surface area contributed by atoms with Gasteiger partial charge >= 0.3 is 0 Å². The molecule has 0 amide bonds. The Balaban J connectivity index is 1.24. The van der Waals surface area contributed by atoms with E-state index < -0.39 is 0 Å². The Hall–Kier alpha value is -5.39. The van der Waals surface area contributed by atoms with Crippen LogP contribution in [0.15, 0.2) is 154 Å². The number of nitrogens with zero attached hydrogens (tertiary/aromatic N) is 3. The zero-order chi connectivity index (χ0) is 29.5. The van der Waals surface area contributed by atoms with Crippen molar-refractivity contribution in [3.05, 3.63) is 150 Å². The quantitative estimate of drug-likeness (QED) is 0.190. The van der Waals surface area contributed by atoms with Crippen LogP contribution in [0.25, 0.3) is 78.4 Å². The smallest absolute Gasteiger partial charge is 0.164 e. The van der Waals surface area contributed by atoms with Crippen LogP contribution in [-0.2, 0) is 0 Å². The third kappa shape index (κ3) is 4.97. The lowest BCUT2D eigenvalue weighted by atomic mass is 9.98. The van der Waals surface area contributed by atoms with E-state index in [2.05, 4.69) is 101 Å². The Labute approximate surface area is 262 Å². The van der Waals surface area contributed by atoms with E-state index in [1.807, 2.05) is 60.7 Å². The number of fused-ring (bicyclic) bond motifs is 3. The monoisotopic (exact) mass is 629 g/mol. The minimum absolute atomic E-state index is 0.596. The minimum atomic E-state index is 0.596. The van der Waals surface area contributed by atoms with Gasteiger partial charge in [-0.3, -0.25) is 0 Å². The summed E-state index contributed by atoms with van der Waals surface area (Å²) in [7, 11) is 0. The molecule has 0 unspecified atom stereocenters. The molecule has 0 fully saturated rings. The van der Waals surface area contributed by atoms with Gasteiger partial charge in [0.1, 0.15) is 11.2 Å². The van der Waals surface area contributed by atoms with Crippen molar-refractivity contribution in [2.45, 2.75) is 0 Å². The molecule has 44 heavy (non-hydrogen) atoms. The van der Waals surface area contributed by atoms with Gasteiger partial charge < -0.3 is 4.42 Å². The normalized spacial score (nSPS) is 11.3. The van der Waals surface area contributed by atoms with Gasteiger partial charge in [0.15, 0.2) is 17.5 Å². The summed E-state index contributed by atoms with van der Waals surface area (Å²) in [5.74, 6) is 1.83. The van der Waals surface area contributed by atoms with Gasteiger partial charge in [0, 0.05) is 31.9 Å². The fourth-order valence-corrected chi connectivity index (χ4v) is 6.00. The molecule has 4 nitrogen and oxygen atoms in total. The number of furan rings is 1. The molecule has 6 aromatic carbocycles. The summed E-state index contributed by atoms with van der Waals surface area (Å²) in [4.78, 5) is 14.9. The van der Waals surface area contributed by atoms with Crippen LogP contribution in [0.2, 0.25) is 0 Å². The van der Waals surface area contributed by atoms with Gasteiger partial charge in [-0.05, 0) is 64.7 Å². The first-order valence-electron chi connectivity index (χ1n) is 14.4. The van der Waals surface area contributed by atoms with E-state index in [4.69, 9.17) is 19.4 Å². The number of benzene rings is 6. The topological polar surface area (TPSA) is 51.8 Å². The molecule has 8 rings (SSSR count). The maximum absolute atomic E-state index is 6.18. The molecule has 8 aromatic rings. The Kier molecular flexibility index (Phi) is 6.58. The van der Waals surface area contributed by atoms with Crippen molar-refractivity contribution in [2.24, 2.45) is 0 Å². The summed E-state index contributed by atoms with van der Waals surface area (Å²) in [6.45, 7) is 0. The highest BCUT2D eigenvalue weighted by Gasteiger charge is 2.15. The van der Waals surface area contributed by atoms with Crippen LogP contribution in [-0.4, -0.2) is 15.0 Å². The average Bonchev–Trinajstić information content (AvgIpc) is 3.47. The summed E-state index contributed by atoms with van der Waals surface area (Å²) < 4.78 is 7.24. The van der Waals surface area contributed by atoms with Gasteiger partial charge in [-0.1, -0.05) is 119 Å². The number of halogens is 1. The van der Waals surface area contributed by atoms with E-state index in [0.717, 1.165) is 65.4 Å². The second-order valence-corrected chi connectivity index (χ2v) is 11.6. The lowest BCUT2D eigenvalue weighted by molar-refractivity contribution is 0.669. The predicted molar refractivity (Wildman–Crippen MR) is 182 cm³/mol. The summed E-state index contributed by atoms with van der Waals surface area (Å²) in [6, 6.07) is 49.6. The number of rotatable bonds is 5. The van der Waals surface area contributed by atoms with Crippen LogP contribution >= 0.6 is 15.9 Å². The highest BCUT2D eigenvalue weighted by Crippen LogP contribution is 2.34. The molecular formula is C39H24BrN3O. The van der Waals surface area contributed by atoms with Crippen molar-refractivity contribution in [3.63, 3.8) is 0 Å². The molecule has 208 valence electrons. The first-order valence-corrected chi connectivity index (χ1v) is 15.2. The van der Waals surface area contributed by atoms with Crippen molar-refractivity contribution in [2.75, 3.05) is 0 Å². The van der Waals surface area contributed by atoms with Gasteiger partial charge in [0.05, 0.1) is 0 Å². The fraction of sp³-hybridized carbons (Fsp3) is 0. The van der Waals surface area contributed by atoms with Crippen LogP contribution in [0, 0.1) is 0 Å². The second kappa shape index (κ2) is 11.0. The maximum atomic E-state index is 6.18.